The van der Waals surface area contributed by atoms with Gasteiger partial charge < -0.3 is 5.32 Å². The number of thioether (sulfide) groups is 1. The van der Waals surface area contributed by atoms with Crippen molar-refractivity contribution in [2.24, 2.45) is 17.8 Å². The van der Waals surface area contributed by atoms with Crippen LogP contribution in [-0.2, 0) is 4.79 Å². The Morgan fingerprint density at radius 3 is 2.23 bits per heavy atom. The molecule has 0 radical (unpaired) electrons. The van der Waals surface area contributed by atoms with Gasteiger partial charge in [0.2, 0.25) is 5.91 Å². The molecule has 0 heterocycles. The summed E-state index contributed by atoms with van der Waals surface area (Å²) in [5, 5.41) is 5.28. The third kappa shape index (κ3) is 2.96. The molecule has 4 aliphatic carbocycles. The van der Waals surface area contributed by atoms with Crippen molar-refractivity contribution < 1.29 is 4.79 Å². The average molecular weight is 313 g/mol. The Morgan fingerprint density at radius 2 is 1.64 bits per heavy atom. The molecule has 1 aromatic rings. The highest BCUT2D eigenvalue weighted by Crippen LogP contribution is 2.55. The van der Waals surface area contributed by atoms with E-state index in [0.29, 0.717) is 0 Å². The summed E-state index contributed by atoms with van der Waals surface area (Å²) in [5.41, 5.74) is 0.119. The monoisotopic (exact) mass is 313 g/mol. The summed E-state index contributed by atoms with van der Waals surface area (Å²) in [6, 6.07) is 10.2. The van der Waals surface area contributed by atoms with Gasteiger partial charge in [-0.25, -0.2) is 0 Å². The molecule has 0 atom stereocenters. The summed E-state index contributed by atoms with van der Waals surface area (Å²) >= 11 is 1.60. The van der Waals surface area contributed by atoms with Crippen LogP contribution in [0.25, 0.3) is 0 Å². The fraction of sp³-hybridized carbons (Fsp3) is 0.526. The van der Waals surface area contributed by atoms with Crippen LogP contribution >= 0.6 is 11.8 Å². The Kier molecular flexibility index (Phi) is 3.77. The molecule has 3 heteroatoms. The second kappa shape index (κ2) is 5.77. The minimum absolute atomic E-state index is 0.0883. The summed E-state index contributed by atoms with van der Waals surface area (Å²) < 4.78 is 0. The molecule has 1 amide bonds. The van der Waals surface area contributed by atoms with Crippen molar-refractivity contribution in [1.82, 2.24) is 5.32 Å². The molecule has 4 bridgehead atoms. The molecule has 1 N–H and O–H groups in total. The highest BCUT2D eigenvalue weighted by atomic mass is 32.2. The number of nitrogens with one attached hydrogen (secondary N) is 1. The van der Waals surface area contributed by atoms with E-state index in [0.717, 1.165) is 17.8 Å². The molecule has 4 saturated carbocycles. The largest absolute Gasteiger partial charge is 0.347 e. The van der Waals surface area contributed by atoms with Crippen molar-refractivity contribution in [2.45, 2.75) is 49.0 Å². The number of carbonyl (C=O) groups excluding carboxylic acids is 1. The third-order valence-electron chi connectivity index (χ3n) is 5.59. The van der Waals surface area contributed by atoms with Gasteiger partial charge in [-0.1, -0.05) is 30.0 Å². The van der Waals surface area contributed by atoms with Crippen molar-refractivity contribution in [3.8, 4) is 0 Å². The quantitative estimate of drug-likeness (QED) is 0.660. The Balaban J connectivity index is 1.36. The van der Waals surface area contributed by atoms with Gasteiger partial charge in [-0.15, -0.1) is 0 Å². The second-order valence-electron chi connectivity index (χ2n) is 7.42. The van der Waals surface area contributed by atoms with Crippen LogP contribution in [-0.4, -0.2) is 11.4 Å². The molecule has 0 saturated heterocycles. The van der Waals surface area contributed by atoms with E-state index in [-0.39, 0.29) is 11.4 Å². The lowest BCUT2D eigenvalue weighted by molar-refractivity contribution is -0.122. The maximum absolute atomic E-state index is 12.3. The van der Waals surface area contributed by atoms with Gasteiger partial charge >= 0.3 is 0 Å². The molecule has 1 aromatic carbocycles. The van der Waals surface area contributed by atoms with Crippen molar-refractivity contribution >= 4 is 17.7 Å². The minimum Gasteiger partial charge on any atom is -0.347 e. The van der Waals surface area contributed by atoms with Gasteiger partial charge in [0.05, 0.1) is 0 Å². The molecule has 4 aliphatic rings. The van der Waals surface area contributed by atoms with Crippen molar-refractivity contribution in [2.75, 3.05) is 0 Å². The first-order valence-corrected chi connectivity index (χ1v) is 9.29. The van der Waals surface area contributed by atoms with Gasteiger partial charge in [-0.3, -0.25) is 4.79 Å². The topological polar surface area (TPSA) is 29.1 Å². The van der Waals surface area contributed by atoms with E-state index in [2.05, 4.69) is 17.4 Å². The van der Waals surface area contributed by atoms with Crippen LogP contribution in [0, 0.1) is 17.8 Å². The first kappa shape index (κ1) is 14.4. The van der Waals surface area contributed by atoms with E-state index in [1.807, 2.05) is 23.6 Å². The Bertz CT molecular complexity index is 545. The third-order valence-corrected chi connectivity index (χ3v) is 6.41. The fourth-order valence-electron chi connectivity index (χ4n) is 5.24. The standard InChI is InChI=1S/C19H23NOS/c21-18(6-7-22-17-4-2-1-3-5-17)20-19-11-14-8-15(12-19)10-16(9-14)13-19/h1-7,14-16H,8-13H2,(H,20,21). The van der Waals surface area contributed by atoms with Crippen LogP contribution in [0.15, 0.2) is 46.7 Å². The minimum atomic E-state index is 0.0883. The van der Waals surface area contributed by atoms with E-state index in [9.17, 15) is 4.79 Å². The number of rotatable bonds is 4. The molecular weight excluding hydrogens is 290 g/mol. The van der Waals surface area contributed by atoms with E-state index in [1.165, 1.54) is 43.4 Å². The first-order valence-electron chi connectivity index (χ1n) is 8.41. The van der Waals surface area contributed by atoms with Gasteiger partial charge in [-0.05, 0) is 73.8 Å². The van der Waals surface area contributed by atoms with Gasteiger partial charge in [0.1, 0.15) is 0 Å². The van der Waals surface area contributed by atoms with E-state index in [1.54, 1.807) is 17.8 Å². The Morgan fingerprint density at radius 1 is 1.05 bits per heavy atom. The van der Waals surface area contributed by atoms with Gasteiger partial charge in [-0.2, -0.15) is 0 Å². The zero-order chi connectivity index (χ0) is 15.0. The van der Waals surface area contributed by atoms with Gasteiger partial charge in [0.25, 0.3) is 0 Å². The Labute approximate surface area is 136 Å². The predicted molar refractivity (Wildman–Crippen MR) is 90.5 cm³/mol. The lowest BCUT2D eigenvalue weighted by Gasteiger charge is -2.56. The molecule has 4 fully saturated rings. The molecular formula is C19H23NOS. The first-order chi connectivity index (χ1) is 10.7. The summed E-state index contributed by atoms with van der Waals surface area (Å²) in [6.07, 6.45) is 9.58. The number of hydrogen-bond donors (Lipinski definition) is 1. The van der Waals surface area contributed by atoms with Crippen LogP contribution in [0.5, 0.6) is 0 Å². The summed E-state index contributed by atoms with van der Waals surface area (Å²) in [4.78, 5) is 13.5. The normalized spacial score (nSPS) is 35.9. The van der Waals surface area contributed by atoms with E-state index < -0.39 is 0 Å². The predicted octanol–water partition coefficient (Wildman–Crippen LogP) is 4.38. The molecule has 0 aromatic heterocycles. The SMILES string of the molecule is O=C(C=CSc1ccccc1)NC12CC3CC(CC(C3)C1)C2. The number of amides is 1. The lowest BCUT2D eigenvalue weighted by Crippen LogP contribution is -2.59. The molecule has 22 heavy (non-hydrogen) atoms. The van der Waals surface area contributed by atoms with Crippen molar-refractivity contribution in [1.29, 1.82) is 0 Å². The van der Waals surface area contributed by atoms with Crippen molar-refractivity contribution in [3.05, 3.63) is 41.8 Å². The van der Waals surface area contributed by atoms with Crippen LogP contribution in [0.4, 0.5) is 0 Å². The van der Waals surface area contributed by atoms with Crippen LogP contribution < -0.4 is 5.32 Å². The second-order valence-corrected chi connectivity index (χ2v) is 8.40. The molecule has 0 spiro atoms. The van der Waals surface area contributed by atoms with Crippen LogP contribution in [0.3, 0.4) is 0 Å². The smallest absolute Gasteiger partial charge is 0.244 e. The van der Waals surface area contributed by atoms with E-state index >= 15 is 0 Å². The lowest BCUT2D eigenvalue weighted by atomic mass is 9.53. The molecule has 5 rings (SSSR count). The van der Waals surface area contributed by atoms with Crippen LogP contribution in [0.1, 0.15) is 38.5 Å². The Hall–Kier alpha value is -1.22. The summed E-state index contributed by atoms with van der Waals surface area (Å²) in [7, 11) is 0. The molecule has 2 nitrogen and oxygen atoms in total. The molecule has 0 unspecified atom stereocenters. The molecule has 116 valence electrons. The van der Waals surface area contributed by atoms with E-state index in [4.69, 9.17) is 0 Å². The van der Waals surface area contributed by atoms with Gasteiger partial charge in [0.15, 0.2) is 0 Å². The number of benzene rings is 1. The highest BCUT2D eigenvalue weighted by molar-refractivity contribution is 8.02. The zero-order valence-electron chi connectivity index (χ0n) is 12.8. The van der Waals surface area contributed by atoms with Crippen LogP contribution in [0.2, 0.25) is 0 Å². The van der Waals surface area contributed by atoms with Crippen molar-refractivity contribution in [3.63, 3.8) is 0 Å². The zero-order valence-corrected chi connectivity index (χ0v) is 13.6. The number of carbonyl (C=O) groups is 1. The summed E-state index contributed by atoms with van der Waals surface area (Å²) in [5.74, 6) is 2.70. The van der Waals surface area contributed by atoms with Gasteiger partial charge in [0, 0.05) is 16.5 Å². The maximum Gasteiger partial charge on any atom is 0.244 e. The maximum atomic E-state index is 12.3. The number of hydrogen-bond acceptors (Lipinski definition) is 2. The highest BCUT2D eigenvalue weighted by Gasteiger charge is 2.51. The molecule has 0 aliphatic heterocycles. The fourth-order valence-corrected chi connectivity index (χ4v) is 5.90. The average Bonchev–Trinajstić information content (AvgIpc) is 2.46. The summed E-state index contributed by atoms with van der Waals surface area (Å²) in [6.45, 7) is 0.